The smallest absolute Gasteiger partial charge is 0.416 e. The van der Waals surface area contributed by atoms with Crippen LogP contribution in [0.25, 0.3) is 11.6 Å². The second-order valence-corrected chi connectivity index (χ2v) is 12.4. The molecule has 0 unspecified atom stereocenters. The number of fused-ring (bicyclic) bond motifs is 1. The minimum atomic E-state index is -4.57. The average Bonchev–Trinajstić information content (AvgIpc) is 3.60. The Labute approximate surface area is 296 Å². The van der Waals surface area contributed by atoms with Gasteiger partial charge in [-0.15, -0.1) is 0 Å². The summed E-state index contributed by atoms with van der Waals surface area (Å²) in [6.45, 7) is 6.05. The van der Waals surface area contributed by atoms with Crippen LogP contribution in [0.3, 0.4) is 0 Å². The van der Waals surface area contributed by atoms with Crippen LogP contribution in [0.1, 0.15) is 48.8 Å². The quantitative estimate of drug-likeness (QED) is 0.156. The maximum Gasteiger partial charge on any atom is 0.416 e. The van der Waals surface area contributed by atoms with E-state index in [2.05, 4.69) is 30.5 Å². The number of benzene rings is 3. The number of alkyl halides is 3. The number of aromatic amines is 1. The van der Waals surface area contributed by atoms with Gasteiger partial charge in [-0.2, -0.15) is 13.2 Å². The zero-order valence-electron chi connectivity index (χ0n) is 28.0. The van der Waals surface area contributed by atoms with E-state index in [0.717, 1.165) is 23.5 Å². The highest BCUT2D eigenvalue weighted by atomic mass is 19.4. The Hall–Kier alpha value is -6.44. The molecular formula is C38H32F3N7O4. The molecule has 0 saturated carbocycles. The van der Waals surface area contributed by atoms with Gasteiger partial charge in [0, 0.05) is 78.9 Å². The van der Waals surface area contributed by atoms with Crippen LogP contribution in [0, 0.1) is 13.8 Å². The summed E-state index contributed by atoms with van der Waals surface area (Å²) in [5, 5.41) is 5.47. The predicted molar refractivity (Wildman–Crippen MR) is 189 cm³/mol. The average molecular weight is 708 g/mol. The van der Waals surface area contributed by atoms with Crippen LogP contribution >= 0.6 is 0 Å². The van der Waals surface area contributed by atoms with Crippen LogP contribution in [0.4, 0.5) is 30.4 Å². The summed E-state index contributed by atoms with van der Waals surface area (Å²) in [5.41, 5.74) is 3.55. The normalized spacial score (nSPS) is 15.0. The van der Waals surface area contributed by atoms with E-state index < -0.39 is 17.6 Å². The number of rotatable bonds is 7. The maximum atomic E-state index is 13.7. The summed E-state index contributed by atoms with van der Waals surface area (Å²) in [5.74, 6) is 0.441. The molecule has 2 aliphatic rings. The lowest BCUT2D eigenvalue weighted by molar-refractivity contribution is -0.137. The number of nitrogens with zero attached hydrogens (tertiary/aromatic N) is 4. The van der Waals surface area contributed by atoms with E-state index >= 15 is 0 Å². The number of H-pyrrole nitrogens is 1. The highest BCUT2D eigenvalue weighted by molar-refractivity contribution is 6.35. The Kier molecular flexibility index (Phi) is 8.97. The van der Waals surface area contributed by atoms with Gasteiger partial charge in [-0.3, -0.25) is 19.4 Å². The Morgan fingerprint density at radius 3 is 2.46 bits per heavy atom. The lowest BCUT2D eigenvalue weighted by atomic mass is 10.0. The van der Waals surface area contributed by atoms with E-state index in [1.165, 1.54) is 18.2 Å². The van der Waals surface area contributed by atoms with Crippen molar-refractivity contribution in [2.45, 2.75) is 20.0 Å². The Balaban J connectivity index is 1.04. The highest BCUT2D eigenvalue weighted by Crippen LogP contribution is 2.38. The molecule has 2 aromatic heterocycles. The molecule has 14 heteroatoms. The first-order chi connectivity index (χ1) is 24.9. The molecule has 3 aromatic carbocycles. The van der Waals surface area contributed by atoms with Gasteiger partial charge in [-0.1, -0.05) is 12.1 Å². The Morgan fingerprint density at radius 1 is 0.942 bits per heavy atom. The molecule has 2 aliphatic heterocycles. The van der Waals surface area contributed by atoms with E-state index in [9.17, 15) is 27.6 Å². The molecule has 3 amide bonds. The van der Waals surface area contributed by atoms with Crippen molar-refractivity contribution in [1.29, 1.82) is 0 Å². The highest BCUT2D eigenvalue weighted by Gasteiger charge is 2.31. The largest absolute Gasteiger partial charge is 0.457 e. The number of amides is 3. The van der Waals surface area contributed by atoms with Crippen LogP contribution < -0.4 is 20.3 Å². The molecule has 4 heterocycles. The van der Waals surface area contributed by atoms with E-state index in [-0.39, 0.29) is 17.4 Å². The molecule has 0 aliphatic carbocycles. The molecule has 264 valence electrons. The lowest BCUT2D eigenvalue weighted by Crippen LogP contribution is -2.49. The summed E-state index contributed by atoms with van der Waals surface area (Å²) in [7, 11) is 0. The van der Waals surface area contributed by atoms with Crippen LogP contribution in [-0.4, -0.2) is 63.8 Å². The molecule has 0 radical (unpaired) electrons. The van der Waals surface area contributed by atoms with Crippen LogP contribution in [0.5, 0.6) is 11.5 Å². The second kappa shape index (κ2) is 13.7. The Bertz CT molecular complexity index is 2230. The fraction of sp³-hybridized carbons (Fsp3) is 0.184. The first kappa shape index (κ1) is 34.0. The molecule has 0 atom stereocenters. The first-order valence-corrected chi connectivity index (χ1v) is 16.4. The number of aryl methyl sites for hydroxylation is 1. The summed E-state index contributed by atoms with van der Waals surface area (Å²) in [6, 6.07) is 15.7. The number of ether oxygens (including phenoxy) is 1. The molecule has 7 rings (SSSR count). The van der Waals surface area contributed by atoms with E-state index in [1.54, 1.807) is 61.1 Å². The molecule has 5 aromatic rings. The van der Waals surface area contributed by atoms with Crippen LogP contribution in [0.15, 0.2) is 85.3 Å². The minimum Gasteiger partial charge on any atom is -0.457 e. The third-order valence-corrected chi connectivity index (χ3v) is 8.97. The molecule has 1 fully saturated rings. The number of anilines is 3. The van der Waals surface area contributed by atoms with Crippen molar-refractivity contribution in [3.05, 3.63) is 125 Å². The number of carbonyl (C=O) groups excluding carboxylic acids is 3. The number of nitrogens with one attached hydrogen (secondary N) is 3. The SMILES string of the molecule is Cc1[nH]c(C=C2C(=O)Nc3cc(Oc4cccc(NC(=O)c5cccc(C(F)(F)F)c5)c4)ccc32)c(C)c1C(=O)N1CCN(c2cnccn2)CC1. The van der Waals surface area contributed by atoms with E-state index in [0.29, 0.717) is 77.1 Å². The van der Waals surface area contributed by atoms with Crippen molar-refractivity contribution >= 4 is 46.6 Å². The zero-order valence-corrected chi connectivity index (χ0v) is 28.0. The van der Waals surface area contributed by atoms with Crippen LogP contribution in [-0.2, 0) is 11.0 Å². The van der Waals surface area contributed by atoms with Gasteiger partial charge < -0.3 is 30.2 Å². The third kappa shape index (κ3) is 6.95. The summed E-state index contributed by atoms with van der Waals surface area (Å²) >= 11 is 0. The molecule has 3 N–H and O–H groups in total. The fourth-order valence-corrected chi connectivity index (χ4v) is 6.33. The van der Waals surface area contributed by atoms with Gasteiger partial charge in [0.15, 0.2) is 0 Å². The van der Waals surface area contributed by atoms with Crippen LogP contribution in [0.2, 0.25) is 0 Å². The fourth-order valence-electron chi connectivity index (χ4n) is 6.33. The summed E-state index contributed by atoms with van der Waals surface area (Å²) < 4.78 is 45.4. The van der Waals surface area contributed by atoms with Gasteiger partial charge >= 0.3 is 6.18 Å². The number of halogens is 3. The molecule has 0 spiro atoms. The molecule has 11 nitrogen and oxygen atoms in total. The zero-order chi connectivity index (χ0) is 36.6. The van der Waals surface area contributed by atoms with Gasteiger partial charge in [0.25, 0.3) is 17.7 Å². The minimum absolute atomic E-state index is 0.0768. The van der Waals surface area contributed by atoms with Gasteiger partial charge in [0.2, 0.25) is 0 Å². The van der Waals surface area contributed by atoms with Gasteiger partial charge in [0.1, 0.15) is 17.3 Å². The van der Waals surface area contributed by atoms with E-state index in [4.69, 9.17) is 4.74 Å². The number of carbonyl (C=O) groups is 3. The number of hydrogen-bond acceptors (Lipinski definition) is 7. The number of aromatic nitrogens is 3. The van der Waals surface area contributed by atoms with Gasteiger partial charge in [0.05, 0.1) is 28.6 Å². The topological polar surface area (TPSA) is 133 Å². The molecule has 52 heavy (non-hydrogen) atoms. The van der Waals surface area contributed by atoms with Gasteiger partial charge in [-0.25, -0.2) is 4.98 Å². The van der Waals surface area contributed by atoms with Crippen molar-refractivity contribution in [1.82, 2.24) is 19.9 Å². The maximum absolute atomic E-state index is 13.7. The van der Waals surface area contributed by atoms with Crippen molar-refractivity contribution in [2.75, 3.05) is 41.7 Å². The second-order valence-electron chi connectivity index (χ2n) is 12.4. The standard InChI is InChI=1S/C38H32F3N7O4/c1-22-31(44-23(2)34(22)37(51)48-15-13-47(14-16-48)33-21-42-11-12-43-33)20-30-29-10-9-28(19-32(29)46-36(30)50)52-27-8-4-7-26(18-27)45-35(49)24-5-3-6-25(17-24)38(39,40)41/h3-12,17-21,44H,13-16H2,1-2H3,(H,45,49)(H,46,50). The first-order valence-electron chi connectivity index (χ1n) is 16.4. The molecular weight excluding hydrogens is 675 g/mol. The molecule has 0 bridgehead atoms. The van der Waals surface area contributed by atoms with Crippen molar-refractivity contribution < 1.29 is 32.3 Å². The van der Waals surface area contributed by atoms with Crippen molar-refractivity contribution in [3.63, 3.8) is 0 Å². The number of piperazine rings is 1. The van der Waals surface area contributed by atoms with Crippen molar-refractivity contribution in [2.24, 2.45) is 0 Å². The summed E-state index contributed by atoms with van der Waals surface area (Å²) in [6.07, 6.45) is 2.15. The third-order valence-electron chi connectivity index (χ3n) is 8.97. The Morgan fingerprint density at radius 2 is 1.71 bits per heavy atom. The monoisotopic (exact) mass is 707 g/mol. The lowest BCUT2D eigenvalue weighted by Gasteiger charge is -2.35. The summed E-state index contributed by atoms with van der Waals surface area (Å²) in [4.78, 5) is 55.2. The van der Waals surface area contributed by atoms with Crippen molar-refractivity contribution in [3.8, 4) is 11.5 Å². The molecule has 1 saturated heterocycles. The van der Waals surface area contributed by atoms with Gasteiger partial charge in [-0.05, 0) is 68.0 Å². The predicted octanol–water partition coefficient (Wildman–Crippen LogP) is 6.94. The van der Waals surface area contributed by atoms with E-state index in [1.807, 2.05) is 18.7 Å². The number of hydrogen-bond donors (Lipinski definition) is 3.